The predicted molar refractivity (Wildman–Crippen MR) is 108 cm³/mol. The van der Waals surface area contributed by atoms with E-state index in [0.29, 0.717) is 28.7 Å². The quantitative estimate of drug-likeness (QED) is 0.427. The number of hydrogen-bond acceptors (Lipinski definition) is 3. The van der Waals surface area contributed by atoms with Gasteiger partial charge in [-0.15, -0.1) is 0 Å². The van der Waals surface area contributed by atoms with Crippen molar-refractivity contribution in [3.05, 3.63) is 89.7 Å². The van der Waals surface area contributed by atoms with Crippen molar-refractivity contribution in [1.82, 2.24) is 15.1 Å². The van der Waals surface area contributed by atoms with Gasteiger partial charge in [-0.2, -0.15) is 4.57 Å². The molecule has 7 heteroatoms. The maximum atomic E-state index is 14.0. The molecule has 0 bridgehead atoms. The molecule has 0 radical (unpaired) electrons. The number of aromatic amines is 1. The third-order valence-electron chi connectivity index (χ3n) is 4.65. The van der Waals surface area contributed by atoms with E-state index in [1.54, 1.807) is 18.2 Å². The highest BCUT2D eigenvalue weighted by molar-refractivity contribution is 6.30. The van der Waals surface area contributed by atoms with Crippen LogP contribution in [-0.2, 0) is 6.54 Å². The molecule has 3 heterocycles. The van der Waals surface area contributed by atoms with Crippen LogP contribution in [0, 0.1) is 5.82 Å². The molecule has 0 aliphatic heterocycles. The Hall–Kier alpha value is -3.51. The molecule has 5 nitrogen and oxygen atoms in total. The summed E-state index contributed by atoms with van der Waals surface area (Å²) in [5.41, 5.74) is 3.70. The van der Waals surface area contributed by atoms with Crippen molar-refractivity contribution in [3.63, 3.8) is 0 Å². The number of hydrogen-bond donors (Lipinski definition) is 1. The van der Waals surface area contributed by atoms with Crippen molar-refractivity contribution in [2.75, 3.05) is 0 Å². The lowest BCUT2D eigenvalue weighted by Crippen LogP contribution is -2.32. The molecule has 2 aromatic carbocycles. The first kappa shape index (κ1) is 17.6. The van der Waals surface area contributed by atoms with Crippen molar-refractivity contribution < 1.29 is 13.5 Å². The molecule has 0 fully saturated rings. The first-order valence-electron chi connectivity index (χ1n) is 9.01. The Bertz CT molecular complexity index is 1310. The Balaban J connectivity index is 1.41. The second-order valence-corrected chi connectivity index (χ2v) is 7.10. The second-order valence-electron chi connectivity index (χ2n) is 6.67. The van der Waals surface area contributed by atoms with Crippen LogP contribution in [0.1, 0.15) is 5.76 Å². The molecule has 29 heavy (non-hydrogen) atoms. The average molecular weight is 406 g/mol. The zero-order valence-electron chi connectivity index (χ0n) is 15.1. The van der Waals surface area contributed by atoms with Crippen LogP contribution in [0.25, 0.3) is 33.7 Å². The molecule has 5 rings (SSSR count). The number of imidazole rings is 1. The second kappa shape index (κ2) is 7.14. The van der Waals surface area contributed by atoms with Gasteiger partial charge in [-0.1, -0.05) is 41.0 Å². The van der Waals surface area contributed by atoms with E-state index < -0.39 is 0 Å². The Morgan fingerprint density at radius 2 is 1.90 bits per heavy atom. The SMILES string of the molecule is Fc1ccccc1-c1nc2cc[n+](Cc3cc(-c4ccc(Cl)cc4)no3)cc2[nH]1. The highest BCUT2D eigenvalue weighted by Crippen LogP contribution is 2.23. The number of H-pyrrole nitrogens is 1. The number of nitrogens with one attached hydrogen (secondary N) is 1. The van der Waals surface area contributed by atoms with E-state index in [9.17, 15) is 4.39 Å². The van der Waals surface area contributed by atoms with E-state index in [-0.39, 0.29) is 5.82 Å². The minimum Gasteiger partial charge on any atom is -0.354 e. The third-order valence-corrected chi connectivity index (χ3v) is 4.90. The van der Waals surface area contributed by atoms with Crippen molar-refractivity contribution in [2.45, 2.75) is 6.54 Å². The van der Waals surface area contributed by atoms with Crippen LogP contribution in [0.15, 0.2) is 77.6 Å². The lowest BCUT2D eigenvalue weighted by atomic mass is 10.1. The summed E-state index contributed by atoms with van der Waals surface area (Å²) in [5.74, 6) is 0.907. The molecule has 5 aromatic rings. The van der Waals surface area contributed by atoms with Crippen molar-refractivity contribution >= 4 is 22.6 Å². The molecule has 0 saturated carbocycles. The monoisotopic (exact) mass is 405 g/mol. The Labute approximate surface area is 170 Å². The molecule has 0 unspecified atom stereocenters. The van der Waals surface area contributed by atoms with E-state index in [0.717, 1.165) is 22.3 Å². The fraction of sp³-hybridized carbons (Fsp3) is 0.0455. The standard InChI is InChI=1S/C22H14ClFN4O/c23-15-7-5-14(6-8-15)20-11-16(29-27-20)12-28-10-9-19-21(13-28)26-22(25-19)17-3-1-2-4-18(17)24/h1-11,13H,12H2/p+1. The van der Waals surface area contributed by atoms with Gasteiger partial charge in [0, 0.05) is 22.7 Å². The molecule has 1 N–H and O–H groups in total. The molecule has 0 saturated heterocycles. The van der Waals surface area contributed by atoms with Gasteiger partial charge in [-0.05, 0) is 24.3 Å². The molecule has 142 valence electrons. The van der Waals surface area contributed by atoms with E-state index in [2.05, 4.69) is 15.1 Å². The molecule has 3 aromatic heterocycles. The van der Waals surface area contributed by atoms with Gasteiger partial charge in [0.2, 0.25) is 12.3 Å². The van der Waals surface area contributed by atoms with Crippen molar-refractivity contribution in [3.8, 4) is 22.6 Å². The van der Waals surface area contributed by atoms with E-state index >= 15 is 0 Å². The summed E-state index contributed by atoms with van der Waals surface area (Å²) >= 11 is 5.93. The van der Waals surface area contributed by atoms with Crippen LogP contribution in [0.3, 0.4) is 0 Å². The van der Waals surface area contributed by atoms with Gasteiger partial charge in [0.15, 0.2) is 12.4 Å². The van der Waals surface area contributed by atoms with Crippen molar-refractivity contribution in [1.29, 1.82) is 0 Å². The van der Waals surface area contributed by atoms with Gasteiger partial charge in [0.05, 0.1) is 5.56 Å². The summed E-state index contributed by atoms with van der Waals surface area (Å²) in [6, 6.07) is 17.8. The average Bonchev–Trinajstić information content (AvgIpc) is 3.35. The predicted octanol–water partition coefficient (Wildman–Crippen LogP) is 5.01. The summed E-state index contributed by atoms with van der Waals surface area (Å²) in [6.45, 7) is 0.505. The first-order chi connectivity index (χ1) is 14.2. The molecule has 0 aliphatic rings. The Morgan fingerprint density at radius 3 is 2.72 bits per heavy atom. The Morgan fingerprint density at radius 1 is 1.07 bits per heavy atom. The summed E-state index contributed by atoms with van der Waals surface area (Å²) in [7, 11) is 0. The van der Waals surface area contributed by atoms with Crippen LogP contribution in [0.5, 0.6) is 0 Å². The van der Waals surface area contributed by atoms with Crippen LogP contribution in [0.4, 0.5) is 4.39 Å². The third kappa shape index (κ3) is 3.50. The van der Waals surface area contributed by atoms with E-state index in [1.165, 1.54) is 6.07 Å². The molecular formula is C22H15ClFN4O+. The van der Waals surface area contributed by atoms with Crippen LogP contribution in [-0.4, -0.2) is 15.1 Å². The van der Waals surface area contributed by atoms with Gasteiger partial charge in [-0.25, -0.2) is 9.37 Å². The minimum atomic E-state index is -0.309. The van der Waals surface area contributed by atoms with Gasteiger partial charge in [-0.3, -0.25) is 0 Å². The molecule has 0 amide bonds. The van der Waals surface area contributed by atoms with Crippen LogP contribution >= 0.6 is 11.6 Å². The molecule has 0 atom stereocenters. The van der Waals surface area contributed by atoms with Gasteiger partial charge in [0.1, 0.15) is 28.4 Å². The maximum absolute atomic E-state index is 14.0. The summed E-state index contributed by atoms with van der Waals surface area (Å²) in [6.07, 6.45) is 3.82. The molecule has 0 spiro atoms. The van der Waals surface area contributed by atoms with Crippen LogP contribution < -0.4 is 4.57 Å². The Kier molecular flexibility index (Phi) is 4.33. The van der Waals surface area contributed by atoms with E-state index in [1.807, 2.05) is 53.4 Å². The fourth-order valence-corrected chi connectivity index (χ4v) is 3.33. The van der Waals surface area contributed by atoms with Gasteiger partial charge < -0.3 is 9.51 Å². The zero-order valence-corrected chi connectivity index (χ0v) is 15.9. The summed E-state index contributed by atoms with van der Waals surface area (Å²) in [4.78, 5) is 7.67. The number of pyridine rings is 1. The molecule has 0 aliphatic carbocycles. The summed E-state index contributed by atoms with van der Waals surface area (Å²) < 4.78 is 21.5. The van der Waals surface area contributed by atoms with Crippen molar-refractivity contribution in [2.24, 2.45) is 0 Å². The minimum absolute atomic E-state index is 0.309. The first-order valence-corrected chi connectivity index (χ1v) is 9.39. The lowest BCUT2D eigenvalue weighted by molar-refractivity contribution is -0.688. The lowest BCUT2D eigenvalue weighted by Gasteiger charge is -1.96. The topological polar surface area (TPSA) is 58.6 Å². The number of rotatable bonds is 4. The number of aromatic nitrogens is 4. The number of fused-ring (bicyclic) bond motifs is 1. The number of benzene rings is 2. The zero-order chi connectivity index (χ0) is 19.8. The van der Waals surface area contributed by atoms with Gasteiger partial charge in [0.25, 0.3) is 0 Å². The maximum Gasteiger partial charge on any atom is 0.208 e. The summed E-state index contributed by atoms with van der Waals surface area (Å²) in [5, 5.41) is 4.81. The normalized spacial score (nSPS) is 11.2. The highest BCUT2D eigenvalue weighted by atomic mass is 35.5. The largest absolute Gasteiger partial charge is 0.354 e. The van der Waals surface area contributed by atoms with Gasteiger partial charge >= 0.3 is 0 Å². The van der Waals surface area contributed by atoms with E-state index in [4.69, 9.17) is 16.1 Å². The highest BCUT2D eigenvalue weighted by Gasteiger charge is 2.15. The smallest absolute Gasteiger partial charge is 0.208 e. The fourth-order valence-electron chi connectivity index (χ4n) is 3.20. The number of halogens is 2. The number of nitrogens with zero attached hydrogens (tertiary/aromatic N) is 3. The van der Waals surface area contributed by atoms with Crippen LogP contribution in [0.2, 0.25) is 5.02 Å². The molecular weight excluding hydrogens is 391 g/mol.